The van der Waals surface area contributed by atoms with Crippen molar-refractivity contribution in [2.45, 2.75) is 31.7 Å². The zero-order valence-electron chi connectivity index (χ0n) is 11.6. The summed E-state index contributed by atoms with van der Waals surface area (Å²) in [5.41, 5.74) is 7.73. The molecular formula is C15H16ClN3O2. The van der Waals surface area contributed by atoms with Crippen LogP contribution in [0.3, 0.4) is 0 Å². The second-order valence-electron chi connectivity index (χ2n) is 5.54. The average molecular weight is 306 g/mol. The highest BCUT2D eigenvalue weighted by molar-refractivity contribution is 5.85. The van der Waals surface area contributed by atoms with Crippen LogP contribution in [0.15, 0.2) is 33.2 Å². The number of para-hydroxylation sites is 1. The van der Waals surface area contributed by atoms with Crippen molar-refractivity contribution in [3.8, 4) is 11.7 Å². The number of hydrogen-bond donors (Lipinski definition) is 1. The Hall–Kier alpha value is -1.85. The smallest absolute Gasteiger partial charge is 0.293 e. The summed E-state index contributed by atoms with van der Waals surface area (Å²) in [6.07, 6.45) is 2.93. The largest absolute Gasteiger partial charge is 0.451 e. The third-order valence-electron chi connectivity index (χ3n) is 4.07. The number of halogens is 1. The third kappa shape index (κ3) is 2.13. The first kappa shape index (κ1) is 14.1. The van der Waals surface area contributed by atoms with E-state index in [9.17, 15) is 0 Å². The summed E-state index contributed by atoms with van der Waals surface area (Å²) in [7, 11) is 0. The summed E-state index contributed by atoms with van der Waals surface area (Å²) >= 11 is 0. The number of rotatable bonds is 2. The van der Waals surface area contributed by atoms with E-state index in [4.69, 9.17) is 14.7 Å². The van der Waals surface area contributed by atoms with Crippen LogP contribution < -0.4 is 5.73 Å². The lowest BCUT2D eigenvalue weighted by atomic mass is 9.77. The van der Waals surface area contributed by atoms with Crippen LogP contribution in [-0.2, 0) is 5.54 Å². The predicted octanol–water partition coefficient (Wildman–Crippen LogP) is 3.55. The van der Waals surface area contributed by atoms with Gasteiger partial charge >= 0.3 is 0 Å². The van der Waals surface area contributed by atoms with Gasteiger partial charge in [0.25, 0.3) is 5.89 Å². The summed E-state index contributed by atoms with van der Waals surface area (Å²) < 4.78 is 11.1. The first-order valence-corrected chi connectivity index (χ1v) is 6.78. The lowest BCUT2D eigenvalue weighted by molar-refractivity contribution is 0.229. The maximum atomic E-state index is 6.20. The minimum atomic E-state index is -0.413. The molecule has 110 valence electrons. The number of aryl methyl sites for hydroxylation is 1. The molecule has 0 amide bonds. The van der Waals surface area contributed by atoms with Crippen LogP contribution >= 0.6 is 12.4 Å². The number of fused-ring (bicyclic) bond motifs is 1. The van der Waals surface area contributed by atoms with Crippen LogP contribution in [-0.4, -0.2) is 10.1 Å². The Bertz CT molecular complexity index is 789. The average Bonchev–Trinajstić information content (AvgIpc) is 3.02. The molecule has 1 aliphatic rings. The quantitative estimate of drug-likeness (QED) is 0.783. The second kappa shape index (κ2) is 4.86. The van der Waals surface area contributed by atoms with E-state index in [1.807, 2.05) is 31.2 Å². The molecule has 0 saturated heterocycles. The zero-order valence-corrected chi connectivity index (χ0v) is 12.4. The molecule has 5 nitrogen and oxygen atoms in total. The van der Waals surface area contributed by atoms with Crippen molar-refractivity contribution < 1.29 is 8.94 Å². The van der Waals surface area contributed by atoms with Gasteiger partial charge in [0.15, 0.2) is 11.6 Å². The number of furan rings is 1. The molecule has 1 aromatic carbocycles. The number of benzene rings is 1. The molecular weight excluding hydrogens is 290 g/mol. The van der Waals surface area contributed by atoms with E-state index in [0.29, 0.717) is 17.5 Å². The summed E-state index contributed by atoms with van der Waals surface area (Å²) in [5.74, 6) is 1.57. The van der Waals surface area contributed by atoms with Gasteiger partial charge in [-0.1, -0.05) is 23.4 Å². The van der Waals surface area contributed by atoms with Crippen LogP contribution in [0.1, 0.15) is 30.7 Å². The molecule has 6 heteroatoms. The molecule has 0 aliphatic heterocycles. The molecule has 0 radical (unpaired) electrons. The fourth-order valence-electron chi connectivity index (χ4n) is 2.62. The van der Waals surface area contributed by atoms with Crippen molar-refractivity contribution >= 4 is 23.4 Å². The minimum Gasteiger partial charge on any atom is -0.451 e. The van der Waals surface area contributed by atoms with Crippen molar-refractivity contribution in [3.63, 3.8) is 0 Å². The topological polar surface area (TPSA) is 78.1 Å². The van der Waals surface area contributed by atoms with Crippen LogP contribution in [0, 0.1) is 6.92 Å². The highest BCUT2D eigenvalue weighted by Gasteiger charge is 2.39. The maximum absolute atomic E-state index is 6.20. The van der Waals surface area contributed by atoms with Gasteiger partial charge < -0.3 is 14.7 Å². The lowest BCUT2D eigenvalue weighted by Gasteiger charge is -2.34. The Morgan fingerprint density at radius 2 is 2.10 bits per heavy atom. The Labute approximate surface area is 127 Å². The standard InChI is InChI=1S/C15H15N3O2.ClH/c1-9-4-2-5-10-8-11(19-12(9)10)13-17-14(18-20-13)15(16)6-3-7-15;/h2,4-5,8H,3,6-7,16H2,1H3;1H. The normalized spacial score (nSPS) is 16.5. The van der Waals surface area contributed by atoms with E-state index < -0.39 is 5.54 Å². The van der Waals surface area contributed by atoms with Crippen molar-refractivity contribution in [1.29, 1.82) is 0 Å². The minimum absolute atomic E-state index is 0. The van der Waals surface area contributed by atoms with E-state index in [1.54, 1.807) is 0 Å². The zero-order chi connectivity index (χ0) is 13.7. The van der Waals surface area contributed by atoms with Gasteiger partial charge in [-0.05, 0) is 37.8 Å². The first-order valence-electron chi connectivity index (χ1n) is 6.78. The van der Waals surface area contributed by atoms with Gasteiger partial charge in [-0.3, -0.25) is 0 Å². The van der Waals surface area contributed by atoms with Gasteiger partial charge in [0.1, 0.15) is 5.58 Å². The maximum Gasteiger partial charge on any atom is 0.293 e. The molecule has 0 bridgehead atoms. The molecule has 0 spiro atoms. The Kier molecular flexibility index (Phi) is 3.26. The van der Waals surface area contributed by atoms with Crippen molar-refractivity contribution in [1.82, 2.24) is 10.1 Å². The lowest BCUT2D eigenvalue weighted by Crippen LogP contribution is -2.44. The predicted molar refractivity (Wildman–Crippen MR) is 81.2 cm³/mol. The van der Waals surface area contributed by atoms with Crippen LogP contribution in [0.5, 0.6) is 0 Å². The number of nitrogens with two attached hydrogens (primary N) is 1. The summed E-state index contributed by atoms with van der Waals surface area (Å²) in [4.78, 5) is 4.40. The van der Waals surface area contributed by atoms with Crippen LogP contribution in [0.2, 0.25) is 0 Å². The molecule has 21 heavy (non-hydrogen) atoms. The Morgan fingerprint density at radius 1 is 1.29 bits per heavy atom. The van der Waals surface area contributed by atoms with E-state index >= 15 is 0 Å². The second-order valence-corrected chi connectivity index (χ2v) is 5.54. The molecule has 2 aromatic heterocycles. The van der Waals surface area contributed by atoms with E-state index in [2.05, 4.69) is 10.1 Å². The highest BCUT2D eigenvalue weighted by Crippen LogP contribution is 2.38. The van der Waals surface area contributed by atoms with Crippen LogP contribution in [0.4, 0.5) is 0 Å². The van der Waals surface area contributed by atoms with Gasteiger partial charge in [0, 0.05) is 5.39 Å². The van der Waals surface area contributed by atoms with Gasteiger partial charge in [-0.25, -0.2) is 0 Å². The molecule has 1 fully saturated rings. The van der Waals surface area contributed by atoms with Gasteiger partial charge in [-0.15, -0.1) is 12.4 Å². The molecule has 0 unspecified atom stereocenters. The summed E-state index contributed by atoms with van der Waals surface area (Å²) in [5, 5.41) is 5.04. The van der Waals surface area contributed by atoms with Crippen molar-refractivity contribution in [3.05, 3.63) is 35.7 Å². The number of aromatic nitrogens is 2. The monoisotopic (exact) mass is 305 g/mol. The molecule has 3 aromatic rings. The van der Waals surface area contributed by atoms with E-state index in [0.717, 1.165) is 35.8 Å². The SMILES string of the molecule is Cc1cccc2cc(-c3nc(C4(N)CCC4)no3)oc12.Cl. The summed E-state index contributed by atoms with van der Waals surface area (Å²) in [6.45, 7) is 2.01. The first-order chi connectivity index (χ1) is 9.66. The van der Waals surface area contributed by atoms with Crippen molar-refractivity contribution in [2.75, 3.05) is 0 Å². The van der Waals surface area contributed by atoms with Crippen LogP contribution in [0.25, 0.3) is 22.6 Å². The van der Waals surface area contributed by atoms with Gasteiger partial charge in [-0.2, -0.15) is 4.98 Å². The molecule has 2 N–H and O–H groups in total. The Morgan fingerprint density at radius 3 is 2.76 bits per heavy atom. The molecule has 1 saturated carbocycles. The summed E-state index contributed by atoms with van der Waals surface area (Å²) in [6, 6.07) is 7.93. The van der Waals surface area contributed by atoms with E-state index in [1.165, 1.54) is 0 Å². The fraction of sp³-hybridized carbons (Fsp3) is 0.333. The molecule has 0 atom stereocenters. The molecule has 4 rings (SSSR count). The van der Waals surface area contributed by atoms with Gasteiger partial charge in [0.2, 0.25) is 0 Å². The highest BCUT2D eigenvalue weighted by atomic mass is 35.5. The number of hydrogen-bond acceptors (Lipinski definition) is 5. The molecule has 1 aliphatic carbocycles. The van der Waals surface area contributed by atoms with Crippen molar-refractivity contribution in [2.24, 2.45) is 5.73 Å². The molecule has 2 heterocycles. The fourth-order valence-corrected chi connectivity index (χ4v) is 2.62. The third-order valence-corrected chi connectivity index (χ3v) is 4.07. The Balaban J connectivity index is 0.00000132. The number of nitrogens with zero attached hydrogens (tertiary/aromatic N) is 2. The van der Waals surface area contributed by atoms with E-state index in [-0.39, 0.29) is 12.4 Å². The van der Waals surface area contributed by atoms with Gasteiger partial charge in [0.05, 0.1) is 5.54 Å².